The number of methoxy groups -OCH3 is 2. The number of carbonyl (C=O) groups is 2. The number of carbonyl (C=O) groups excluding carboxylic acids is 1. The lowest BCUT2D eigenvalue weighted by Gasteiger charge is -2.16. The van der Waals surface area contributed by atoms with E-state index in [0.29, 0.717) is 17.9 Å². The van der Waals surface area contributed by atoms with Crippen LogP contribution in [0.1, 0.15) is 21.5 Å². The molecule has 2 N–H and O–H groups in total. The summed E-state index contributed by atoms with van der Waals surface area (Å²) in [5, 5.41) is 12.2. The third-order valence-corrected chi connectivity index (χ3v) is 4.08. The average Bonchev–Trinajstić information content (AvgIpc) is 2.63. The summed E-state index contributed by atoms with van der Waals surface area (Å²) < 4.78 is 10.4. The van der Waals surface area contributed by atoms with Crippen molar-refractivity contribution in [1.29, 1.82) is 0 Å². The first-order chi connectivity index (χ1) is 12.5. The molecule has 1 amide bonds. The largest absolute Gasteiger partial charge is 0.496 e. The van der Waals surface area contributed by atoms with Crippen molar-refractivity contribution in [3.63, 3.8) is 0 Å². The first-order valence-electron chi connectivity index (χ1n) is 8.23. The molecule has 0 aromatic heterocycles. The zero-order chi connectivity index (χ0) is 19.1. The molecule has 0 heterocycles. The zero-order valence-corrected chi connectivity index (χ0v) is 15.1. The van der Waals surface area contributed by atoms with Crippen LogP contribution in [0.2, 0.25) is 0 Å². The number of carboxylic acid groups (broad SMARTS) is 1. The molecular formula is C20H23NO5. The van der Waals surface area contributed by atoms with E-state index in [2.05, 4.69) is 5.32 Å². The first kappa shape index (κ1) is 19.3. The fraction of sp³-hybridized carbons (Fsp3) is 0.300. The highest BCUT2D eigenvalue weighted by molar-refractivity contribution is 5.99. The van der Waals surface area contributed by atoms with E-state index >= 15 is 0 Å². The molecule has 2 aromatic carbocycles. The van der Waals surface area contributed by atoms with E-state index < -0.39 is 17.8 Å². The molecule has 1 unspecified atom stereocenters. The number of hydrogen-bond acceptors (Lipinski definition) is 4. The van der Waals surface area contributed by atoms with Gasteiger partial charge in [0.2, 0.25) is 0 Å². The molecule has 0 fully saturated rings. The van der Waals surface area contributed by atoms with Crippen molar-refractivity contribution in [2.75, 3.05) is 20.8 Å². The molecule has 0 saturated heterocycles. The van der Waals surface area contributed by atoms with Crippen LogP contribution in [0.5, 0.6) is 11.5 Å². The van der Waals surface area contributed by atoms with Gasteiger partial charge < -0.3 is 19.9 Å². The number of aryl methyl sites for hydroxylation is 1. The van der Waals surface area contributed by atoms with E-state index in [0.717, 1.165) is 11.1 Å². The summed E-state index contributed by atoms with van der Waals surface area (Å²) in [6.07, 6.45) is 0.334. The lowest BCUT2D eigenvalue weighted by atomic mass is 9.98. The third kappa shape index (κ3) is 4.75. The van der Waals surface area contributed by atoms with Crippen molar-refractivity contribution in [3.8, 4) is 11.5 Å². The van der Waals surface area contributed by atoms with Crippen molar-refractivity contribution in [2.24, 2.45) is 5.92 Å². The molecule has 0 radical (unpaired) electrons. The quantitative estimate of drug-likeness (QED) is 0.759. The Hall–Kier alpha value is -3.02. The minimum Gasteiger partial charge on any atom is -0.496 e. The predicted octanol–water partition coefficient (Wildman–Crippen LogP) is 2.69. The van der Waals surface area contributed by atoms with Crippen molar-refractivity contribution >= 4 is 11.9 Å². The summed E-state index contributed by atoms with van der Waals surface area (Å²) in [4.78, 5) is 24.2. The summed E-state index contributed by atoms with van der Waals surface area (Å²) >= 11 is 0. The molecular weight excluding hydrogens is 334 g/mol. The Balaban J connectivity index is 2.12. The summed E-state index contributed by atoms with van der Waals surface area (Å²) in [5.74, 6) is -1.39. The molecule has 6 nitrogen and oxygen atoms in total. The minimum absolute atomic E-state index is 0.00329. The van der Waals surface area contributed by atoms with Crippen LogP contribution in [0.25, 0.3) is 0 Å². The molecule has 1 atom stereocenters. The molecule has 0 spiro atoms. The number of nitrogens with one attached hydrogen (secondary N) is 1. The van der Waals surface area contributed by atoms with Gasteiger partial charge in [0.25, 0.3) is 5.91 Å². The normalized spacial score (nSPS) is 11.5. The van der Waals surface area contributed by atoms with E-state index in [1.165, 1.54) is 14.2 Å². The number of benzene rings is 2. The second kappa shape index (κ2) is 8.89. The van der Waals surface area contributed by atoms with Gasteiger partial charge in [-0.1, -0.05) is 35.9 Å². The maximum Gasteiger partial charge on any atom is 0.308 e. The maximum atomic E-state index is 12.6. The second-order valence-corrected chi connectivity index (χ2v) is 5.98. The highest BCUT2D eigenvalue weighted by Gasteiger charge is 2.22. The minimum atomic E-state index is -0.959. The fourth-order valence-corrected chi connectivity index (χ4v) is 2.75. The van der Waals surface area contributed by atoms with E-state index in [1.54, 1.807) is 18.2 Å². The number of hydrogen-bond donors (Lipinski definition) is 2. The van der Waals surface area contributed by atoms with Crippen LogP contribution in [0, 0.1) is 12.8 Å². The molecule has 0 saturated carbocycles. The Morgan fingerprint density at radius 1 is 1.08 bits per heavy atom. The monoisotopic (exact) mass is 357 g/mol. The van der Waals surface area contributed by atoms with Gasteiger partial charge in [0, 0.05) is 6.54 Å². The van der Waals surface area contributed by atoms with Gasteiger partial charge in [0.1, 0.15) is 17.1 Å². The van der Waals surface area contributed by atoms with Crippen LogP contribution in [0.15, 0.2) is 42.5 Å². The average molecular weight is 357 g/mol. The molecule has 6 heteroatoms. The van der Waals surface area contributed by atoms with Gasteiger partial charge in [0.15, 0.2) is 0 Å². The highest BCUT2D eigenvalue weighted by atomic mass is 16.5. The SMILES string of the molecule is COc1cccc(OC)c1C(=O)NCC(Cc1cccc(C)c1)C(=O)O. The Morgan fingerprint density at radius 3 is 2.23 bits per heavy atom. The fourth-order valence-electron chi connectivity index (χ4n) is 2.75. The number of carboxylic acids is 1. The summed E-state index contributed by atoms with van der Waals surface area (Å²) in [6.45, 7) is 1.96. The lowest BCUT2D eigenvalue weighted by Crippen LogP contribution is -2.34. The van der Waals surface area contributed by atoms with Gasteiger partial charge in [-0.3, -0.25) is 9.59 Å². The van der Waals surface area contributed by atoms with Gasteiger partial charge in [-0.2, -0.15) is 0 Å². The third-order valence-electron chi connectivity index (χ3n) is 4.08. The van der Waals surface area contributed by atoms with Crippen molar-refractivity contribution in [3.05, 3.63) is 59.2 Å². The summed E-state index contributed by atoms with van der Waals surface area (Å²) in [6, 6.07) is 12.7. The standard InChI is InChI=1S/C20H23NO5/c1-13-6-4-7-14(10-13)11-15(20(23)24)12-21-19(22)18-16(25-2)8-5-9-17(18)26-3/h4-10,15H,11-12H2,1-3H3,(H,21,22)(H,23,24). The Kier molecular flexibility index (Phi) is 6.60. The van der Waals surface area contributed by atoms with Crippen LogP contribution >= 0.6 is 0 Å². The van der Waals surface area contributed by atoms with Crippen molar-refractivity contribution < 1.29 is 24.2 Å². The van der Waals surface area contributed by atoms with Crippen molar-refractivity contribution in [2.45, 2.75) is 13.3 Å². The van der Waals surface area contributed by atoms with Crippen LogP contribution in [-0.4, -0.2) is 37.7 Å². The van der Waals surface area contributed by atoms with Crippen LogP contribution in [0.4, 0.5) is 0 Å². The van der Waals surface area contributed by atoms with E-state index in [9.17, 15) is 14.7 Å². The number of ether oxygens (including phenoxy) is 2. The molecule has 2 aromatic rings. The van der Waals surface area contributed by atoms with Gasteiger partial charge in [-0.25, -0.2) is 0 Å². The molecule has 0 aliphatic carbocycles. The van der Waals surface area contributed by atoms with E-state index in [1.807, 2.05) is 31.2 Å². The second-order valence-electron chi connectivity index (χ2n) is 5.98. The molecule has 0 aliphatic heterocycles. The maximum absolute atomic E-state index is 12.6. The van der Waals surface area contributed by atoms with E-state index in [4.69, 9.17) is 9.47 Å². The molecule has 138 valence electrons. The number of amides is 1. The Labute approximate surface area is 152 Å². The smallest absolute Gasteiger partial charge is 0.308 e. The van der Waals surface area contributed by atoms with Gasteiger partial charge in [0.05, 0.1) is 20.1 Å². The highest BCUT2D eigenvalue weighted by Crippen LogP contribution is 2.28. The first-order valence-corrected chi connectivity index (χ1v) is 8.23. The lowest BCUT2D eigenvalue weighted by molar-refractivity contribution is -0.141. The Morgan fingerprint density at radius 2 is 1.69 bits per heavy atom. The van der Waals surface area contributed by atoms with Crippen molar-refractivity contribution in [1.82, 2.24) is 5.32 Å². The summed E-state index contributed by atoms with van der Waals surface area (Å²) in [7, 11) is 2.92. The Bertz CT molecular complexity index is 765. The molecule has 0 aliphatic rings. The molecule has 0 bridgehead atoms. The van der Waals surface area contributed by atoms with Gasteiger partial charge in [-0.05, 0) is 31.0 Å². The summed E-state index contributed by atoms with van der Waals surface area (Å²) in [5.41, 5.74) is 2.23. The molecule has 2 rings (SSSR count). The number of aliphatic carboxylic acids is 1. The predicted molar refractivity (Wildman–Crippen MR) is 97.9 cm³/mol. The van der Waals surface area contributed by atoms with E-state index in [-0.39, 0.29) is 12.1 Å². The molecule has 26 heavy (non-hydrogen) atoms. The van der Waals surface area contributed by atoms with Gasteiger partial charge in [-0.15, -0.1) is 0 Å². The van der Waals surface area contributed by atoms with Crippen LogP contribution in [-0.2, 0) is 11.2 Å². The topological polar surface area (TPSA) is 84.9 Å². The zero-order valence-electron chi connectivity index (χ0n) is 15.1. The van der Waals surface area contributed by atoms with Gasteiger partial charge >= 0.3 is 5.97 Å². The van der Waals surface area contributed by atoms with Crippen LogP contribution in [0.3, 0.4) is 0 Å². The van der Waals surface area contributed by atoms with Crippen LogP contribution < -0.4 is 14.8 Å². The number of rotatable bonds is 8.